The van der Waals surface area contributed by atoms with Crippen LogP contribution in [-0.4, -0.2) is 60.4 Å². The number of carbonyl (C=O) groups is 1. The highest BCUT2D eigenvalue weighted by atomic mass is 19.4. The highest BCUT2D eigenvalue weighted by molar-refractivity contribution is 5.98. The molecular formula is C25H29F4N3O3. The number of hydrogen-bond acceptors (Lipinski definition) is 4. The predicted octanol–water partition coefficient (Wildman–Crippen LogP) is 5.09. The molecule has 0 aliphatic rings. The van der Waals surface area contributed by atoms with Crippen LogP contribution < -0.4 is 10.1 Å². The van der Waals surface area contributed by atoms with Gasteiger partial charge >= 0.3 is 6.18 Å². The summed E-state index contributed by atoms with van der Waals surface area (Å²) in [6.45, 7) is 2.13. The number of aliphatic hydroxyl groups is 1. The molecule has 0 aliphatic heterocycles. The molecule has 1 heterocycles. The molecule has 1 atom stereocenters. The number of nitrogens with zero attached hydrogens (tertiary/aromatic N) is 1. The number of rotatable bonds is 8. The molecule has 10 heteroatoms. The molecule has 0 saturated heterocycles. The molecular weight excluding hydrogens is 466 g/mol. The van der Waals surface area contributed by atoms with E-state index >= 15 is 0 Å². The maximum Gasteiger partial charge on any atom is 0.418 e. The van der Waals surface area contributed by atoms with E-state index in [1.165, 1.54) is 31.9 Å². The third kappa shape index (κ3) is 5.53. The number of alkyl halides is 3. The van der Waals surface area contributed by atoms with Gasteiger partial charge in [-0.1, -0.05) is 19.9 Å². The Hall–Kier alpha value is -3.27. The molecule has 0 fully saturated rings. The Morgan fingerprint density at radius 2 is 1.80 bits per heavy atom. The Balaban J connectivity index is 1.87. The van der Waals surface area contributed by atoms with Crippen LogP contribution in [0, 0.1) is 5.82 Å². The maximum atomic E-state index is 14.1. The lowest BCUT2D eigenvalue weighted by atomic mass is 9.74. The molecule has 1 amide bonds. The van der Waals surface area contributed by atoms with E-state index in [-0.39, 0.29) is 23.0 Å². The Morgan fingerprint density at radius 1 is 1.11 bits per heavy atom. The van der Waals surface area contributed by atoms with Gasteiger partial charge in [-0.05, 0) is 48.2 Å². The van der Waals surface area contributed by atoms with Gasteiger partial charge in [-0.2, -0.15) is 13.2 Å². The SMILES string of the molecule is COc1ccc(F)cc1C(C)(C)CC(O)(CNc1cc2ccc(C(=O)N(C)C)cc2[nH]1)C(F)(F)F. The second-order valence-electron chi connectivity index (χ2n) is 9.47. The Morgan fingerprint density at radius 3 is 2.40 bits per heavy atom. The van der Waals surface area contributed by atoms with E-state index in [9.17, 15) is 27.5 Å². The zero-order valence-electron chi connectivity index (χ0n) is 20.2. The van der Waals surface area contributed by atoms with E-state index < -0.39 is 36.0 Å². The van der Waals surface area contributed by atoms with E-state index in [1.54, 1.807) is 38.4 Å². The lowest BCUT2D eigenvalue weighted by Gasteiger charge is -2.38. The van der Waals surface area contributed by atoms with Gasteiger partial charge in [0.05, 0.1) is 13.7 Å². The van der Waals surface area contributed by atoms with Gasteiger partial charge in [0, 0.05) is 36.1 Å². The summed E-state index contributed by atoms with van der Waals surface area (Å²) in [4.78, 5) is 16.5. The summed E-state index contributed by atoms with van der Waals surface area (Å²) in [5.41, 5.74) is -3.24. The second kappa shape index (κ2) is 9.41. The van der Waals surface area contributed by atoms with E-state index in [1.807, 2.05) is 0 Å². The highest BCUT2D eigenvalue weighted by Gasteiger charge is 2.56. The molecule has 190 valence electrons. The largest absolute Gasteiger partial charge is 0.496 e. The van der Waals surface area contributed by atoms with Crippen LogP contribution in [0.15, 0.2) is 42.5 Å². The fraction of sp³-hybridized carbons (Fsp3) is 0.400. The molecule has 0 aliphatic carbocycles. The minimum atomic E-state index is -4.98. The van der Waals surface area contributed by atoms with Gasteiger partial charge in [0.15, 0.2) is 5.60 Å². The van der Waals surface area contributed by atoms with Gasteiger partial charge in [-0.3, -0.25) is 4.79 Å². The second-order valence-corrected chi connectivity index (χ2v) is 9.47. The van der Waals surface area contributed by atoms with E-state index in [0.29, 0.717) is 16.5 Å². The number of halogens is 4. The molecule has 3 rings (SSSR count). The Kier molecular flexibility index (Phi) is 7.08. The topological polar surface area (TPSA) is 77.6 Å². The van der Waals surface area contributed by atoms with Crippen molar-refractivity contribution in [3.8, 4) is 5.75 Å². The summed E-state index contributed by atoms with van der Waals surface area (Å²) in [5.74, 6) is -0.351. The number of carbonyl (C=O) groups excluding carboxylic acids is 1. The van der Waals surface area contributed by atoms with Crippen molar-refractivity contribution in [3.63, 3.8) is 0 Å². The van der Waals surface area contributed by atoms with Gasteiger partial charge in [0.1, 0.15) is 17.4 Å². The number of ether oxygens (including phenoxy) is 1. The average molecular weight is 496 g/mol. The molecule has 0 spiro atoms. The zero-order chi connectivity index (χ0) is 26.2. The lowest BCUT2D eigenvalue weighted by Crippen LogP contribution is -2.53. The van der Waals surface area contributed by atoms with Crippen molar-refractivity contribution in [2.24, 2.45) is 0 Å². The standard InChI is InChI=1S/C25H29F4N3O3/c1-23(2,18-12-17(26)8-9-20(18)35-5)13-24(34,25(27,28)29)14-30-21-11-15-6-7-16(10-19(15)31-21)22(33)32(3)4/h6-12,30-31,34H,13-14H2,1-5H3. The van der Waals surface area contributed by atoms with Gasteiger partial charge in [-0.15, -0.1) is 0 Å². The number of hydrogen-bond donors (Lipinski definition) is 3. The van der Waals surface area contributed by atoms with Gasteiger partial charge < -0.3 is 25.0 Å². The van der Waals surface area contributed by atoms with Crippen LogP contribution in [0.2, 0.25) is 0 Å². The molecule has 35 heavy (non-hydrogen) atoms. The number of aromatic nitrogens is 1. The van der Waals surface area contributed by atoms with Gasteiger partial charge in [-0.25, -0.2) is 4.39 Å². The van der Waals surface area contributed by atoms with Crippen molar-refractivity contribution in [3.05, 3.63) is 59.4 Å². The van der Waals surface area contributed by atoms with Gasteiger partial charge in [0.2, 0.25) is 0 Å². The Labute approximate surface area is 200 Å². The first-order chi connectivity index (χ1) is 16.2. The molecule has 0 bridgehead atoms. The summed E-state index contributed by atoms with van der Waals surface area (Å²) in [7, 11) is 4.58. The summed E-state index contributed by atoms with van der Waals surface area (Å²) in [5, 5.41) is 14.1. The normalized spacial score (nSPS) is 14.0. The smallest absolute Gasteiger partial charge is 0.418 e. The molecule has 6 nitrogen and oxygen atoms in total. The van der Waals surface area contributed by atoms with Crippen LogP contribution in [0.1, 0.15) is 36.2 Å². The highest BCUT2D eigenvalue weighted by Crippen LogP contribution is 2.43. The first kappa shape index (κ1) is 26.3. The monoisotopic (exact) mass is 495 g/mol. The predicted molar refractivity (Wildman–Crippen MR) is 126 cm³/mol. The van der Waals surface area contributed by atoms with Crippen LogP contribution in [0.5, 0.6) is 5.75 Å². The summed E-state index contributed by atoms with van der Waals surface area (Å²) in [6.07, 6.45) is -5.73. The fourth-order valence-corrected chi connectivity index (χ4v) is 4.15. The van der Waals surface area contributed by atoms with Crippen LogP contribution in [0.4, 0.5) is 23.4 Å². The number of benzene rings is 2. The quantitative estimate of drug-likeness (QED) is 0.381. The number of amides is 1. The third-order valence-corrected chi connectivity index (χ3v) is 6.00. The van der Waals surface area contributed by atoms with E-state index in [0.717, 1.165) is 12.1 Å². The van der Waals surface area contributed by atoms with Crippen molar-refractivity contribution in [2.75, 3.05) is 33.1 Å². The first-order valence-corrected chi connectivity index (χ1v) is 10.9. The lowest BCUT2D eigenvalue weighted by molar-refractivity contribution is -0.260. The Bertz CT molecular complexity index is 1220. The first-order valence-electron chi connectivity index (χ1n) is 10.9. The molecule has 3 N–H and O–H groups in total. The number of methoxy groups -OCH3 is 1. The number of H-pyrrole nitrogens is 1. The number of fused-ring (bicyclic) bond motifs is 1. The number of aromatic amines is 1. The number of anilines is 1. The van der Waals surface area contributed by atoms with Crippen molar-refractivity contribution in [2.45, 2.75) is 37.5 Å². The van der Waals surface area contributed by atoms with Gasteiger partial charge in [0.25, 0.3) is 5.91 Å². The van der Waals surface area contributed by atoms with Crippen LogP contribution in [0.25, 0.3) is 10.9 Å². The number of nitrogens with one attached hydrogen (secondary N) is 2. The van der Waals surface area contributed by atoms with Crippen LogP contribution in [-0.2, 0) is 5.41 Å². The minimum absolute atomic E-state index is 0.211. The fourth-order valence-electron chi connectivity index (χ4n) is 4.15. The van der Waals surface area contributed by atoms with Crippen molar-refractivity contribution in [1.82, 2.24) is 9.88 Å². The summed E-state index contributed by atoms with van der Waals surface area (Å²) in [6, 6.07) is 10.1. The summed E-state index contributed by atoms with van der Waals surface area (Å²) >= 11 is 0. The van der Waals surface area contributed by atoms with Crippen molar-refractivity contribution < 1.29 is 32.2 Å². The third-order valence-electron chi connectivity index (χ3n) is 6.00. The molecule has 1 aromatic heterocycles. The van der Waals surface area contributed by atoms with Crippen LogP contribution >= 0.6 is 0 Å². The van der Waals surface area contributed by atoms with E-state index in [4.69, 9.17) is 4.74 Å². The summed E-state index contributed by atoms with van der Waals surface area (Å²) < 4.78 is 61.4. The minimum Gasteiger partial charge on any atom is -0.496 e. The van der Waals surface area contributed by atoms with Crippen molar-refractivity contribution >= 4 is 22.6 Å². The molecule has 2 aromatic carbocycles. The molecule has 1 unspecified atom stereocenters. The zero-order valence-corrected chi connectivity index (χ0v) is 20.2. The molecule has 3 aromatic rings. The average Bonchev–Trinajstić information content (AvgIpc) is 3.18. The van der Waals surface area contributed by atoms with Crippen molar-refractivity contribution in [1.29, 1.82) is 0 Å². The van der Waals surface area contributed by atoms with Crippen LogP contribution in [0.3, 0.4) is 0 Å². The molecule has 0 radical (unpaired) electrons. The molecule has 0 saturated carbocycles. The maximum absolute atomic E-state index is 14.1. The van der Waals surface area contributed by atoms with E-state index in [2.05, 4.69) is 10.3 Å².